The number of hydrogen-bond donors (Lipinski definition) is 1. The van der Waals surface area contributed by atoms with E-state index in [1.807, 2.05) is 31.2 Å². The number of nitrogens with one attached hydrogen (secondary N) is 1. The zero-order valence-corrected chi connectivity index (χ0v) is 9.41. The van der Waals surface area contributed by atoms with Gasteiger partial charge in [0.25, 0.3) is 0 Å². The summed E-state index contributed by atoms with van der Waals surface area (Å²) < 4.78 is 4.90. The van der Waals surface area contributed by atoms with Gasteiger partial charge < -0.3 is 10.1 Å². The molecule has 3 nitrogen and oxygen atoms in total. The van der Waals surface area contributed by atoms with E-state index in [0.717, 1.165) is 11.3 Å². The number of carbonyl (C=O) groups excluding carboxylic acids is 1. The average Bonchev–Trinajstić information content (AvgIpc) is 2.18. The number of rotatable bonds is 4. The standard InChI is InChI=1S/C12H17NO2/c1-4-15-12(14)10(3)13-11-7-5-6-9(2)8-11/h5-8,10,13H,4H2,1-3H3/t10-/m1/s1. The Morgan fingerprint density at radius 2 is 2.27 bits per heavy atom. The fraction of sp³-hybridized carbons (Fsp3) is 0.417. The molecule has 0 amide bonds. The van der Waals surface area contributed by atoms with Crippen LogP contribution in [0, 0.1) is 6.92 Å². The van der Waals surface area contributed by atoms with Crippen LogP contribution in [0.4, 0.5) is 5.69 Å². The van der Waals surface area contributed by atoms with E-state index in [1.165, 1.54) is 0 Å². The average molecular weight is 207 g/mol. The second kappa shape index (κ2) is 5.39. The first-order valence-electron chi connectivity index (χ1n) is 5.13. The number of aryl methyl sites for hydroxylation is 1. The molecule has 0 aliphatic rings. The zero-order chi connectivity index (χ0) is 11.3. The fourth-order valence-corrected chi connectivity index (χ4v) is 1.31. The predicted octanol–water partition coefficient (Wildman–Crippen LogP) is 2.36. The molecular weight excluding hydrogens is 190 g/mol. The number of carbonyl (C=O) groups is 1. The first-order valence-corrected chi connectivity index (χ1v) is 5.13. The topological polar surface area (TPSA) is 38.3 Å². The first-order chi connectivity index (χ1) is 7.13. The van der Waals surface area contributed by atoms with Crippen LogP contribution in [0.15, 0.2) is 24.3 Å². The van der Waals surface area contributed by atoms with Crippen LogP contribution in [-0.4, -0.2) is 18.6 Å². The van der Waals surface area contributed by atoms with Crippen LogP contribution < -0.4 is 5.32 Å². The molecule has 0 saturated carbocycles. The summed E-state index contributed by atoms with van der Waals surface area (Å²) in [7, 11) is 0. The van der Waals surface area contributed by atoms with Crippen LogP contribution in [0.25, 0.3) is 0 Å². The predicted molar refractivity (Wildman–Crippen MR) is 60.9 cm³/mol. The number of benzene rings is 1. The second-order valence-corrected chi connectivity index (χ2v) is 3.49. The van der Waals surface area contributed by atoms with Crippen molar-refractivity contribution in [1.82, 2.24) is 0 Å². The van der Waals surface area contributed by atoms with Gasteiger partial charge in [0.2, 0.25) is 0 Å². The van der Waals surface area contributed by atoms with E-state index in [9.17, 15) is 4.79 Å². The molecule has 0 saturated heterocycles. The summed E-state index contributed by atoms with van der Waals surface area (Å²) in [5.74, 6) is -0.223. The molecule has 0 unspecified atom stereocenters. The Labute approximate surface area is 90.4 Å². The maximum atomic E-state index is 11.3. The molecular formula is C12H17NO2. The lowest BCUT2D eigenvalue weighted by Gasteiger charge is -2.13. The lowest BCUT2D eigenvalue weighted by molar-refractivity contribution is -0.143. The Morgan fingerprint density at radius 1 is 1.53 bits per heavy atom. The van der Waals surface area contributed by atoms with Crippen molar-refractivity contribution >= 4 is 11.7 Å². The van der Waals surface area contributed by atoms with Crippen LogP contribution in [0.5, 0.6) is 0 Å². The SMILES string of the molecule is CCOC(=O)[C@@H](C)Nc1cccc(C)c1. The molecule has 82 valence electrons. The van der Waals surface area contributed by atoms with Crippen molar-refractivity contribution in [3.8, 4) is 0 Å². The maximum absolute atomic E-state index is 11.3. The smallest absolute Gasteiger partial charge is 0.328 e. The van der Waals surface area contributed by atoms with Gasteiger partial charge in [0.1, 0.15) is 6.04 Å². The Kier molecular flexibility index (Phi) is 4.16. The van der Waals surface area contributed by atoms with E-state index in [1.54, 1.807) is 13.8 Å². The minimum absolute atomic E-state index is 0.223. The maximum Gasteiger partial charge on any atom is 0.328 e. The number of hydrogen-bond acceptors (Lipinski definition) is 3. The van der Waals surface area contributed by atoms with E-state index in [4.69, 9.17) is 4.74 Å². The third-order valence-corrected chi connectivity index (χ3v) is 2.04. The van der Waals surface area contributed by atoms with Crippen molar-refractivity contribution in [3.63, 3.8) is 0 Å². The highest BCUT2D eigenvalue weighted by Crippen LogP contribution is 2.11. The van der Waals surface area contributed by atoms with E-state index in [-0.39, 0.29) is 12.0 Å². The Balaban J connectivity index is 2.58. The molecule has 1 rings (SSSR count). The summed E-state index contributed by atoms with van der Waals surface area (Å²) in [6.45, 7) is 6.02. The molecule has 1 aromatic carbocycles. The normalized spacial score (nSPS) is 11.9. The molecule has 0 spiro atoms. The van der Waals surface area contributed by atoms with Crippen molar-refractivity contribution in [2.24, 2.45) is 0 Å². The molecule has 1 N–H and O–H groups in total. The Hall–Kier alpha value is -1.51. The van der Waals surface area contributed by atoms with E-state index in [2.05, 4.69) is 5.32 Å². The summed E-state index contributed by atoms with van der Waals surface area (Å²) in [6.07, 6.45) is 0. The van der Waals surface area contributed by atoms with E-state index < -0.39 is 0 Å². The molecule has 0 aliphatic heterocycles. The van der Waals surface area contributed by atoms with Gasteiger partial charge in [-0.15, -0.1) is 0 Å². The Morgan fingerprint density at radius 3 is 2.87 bits per heavy atom. The van der Waals surface area contributed by atoms with Crippen LogP contribution in [-0.2, 0) is 9.53 Å². The Bertz CT molecular complexity index is 336. The van der Waals surface area contributed by atoms with Crippen LogP contribution in [0.2, 0.25) is 0 Å². The summed E-state index contributed by atoms with van der Waals surface area (Å²) in [6, 6.07) is 7.58. The highest BCUT2D eigenvalue weighted by molar-refractivity contribution is 5.78. The van der Waals surface area contributed by atoms with Crippen molar-refractivity contribution in [2.75, 3.05) is 11.9 Å². The molecule has 0 radical (unpaired) electrons. The van der Waals surface area contributed by atoms with Crippen LogP contribution in [0.3, 0.4) is 0 Å². The van der Waals surface area contributed by atoms with Gasteiger partial charge >= 0.3 is 5.97 Å². The molecule has 3 heteroatoms. The zero-order valence-electron chi connectivity index (χ0n) is 9.41. The molecule has 0 aliphatic carbocycles. The summed E-state index contributed by atoms with van der Waals surface area (Å²) >= 11 is 0. The van der Waals surface area contributed by atoms with Gasteiger partial charge in [0, 0.05) is 5.69 Å². The summed E-state index contributed by atoms with van der Waals surface area (Å²) in [5.41, 5.74) is 2.10. The van der Waals surface area contributed by atoms with Gasteiger partial charge in [-0.2, -0.15) is 0 Å². The lowest BCUT2D eigenvalue weighted by atomic mass is 10.2. The van der Waals surface area contributed by atoms with Crippen LogP contribution >= 0.6 is 0 Å². The third-order valence-electron chi connectivity index (χ3n) is 2.04. The highest BCUT2D eigenvalue weighted by Gasteiger charge is 2.12. The van der Waals surface area contributed by atoms with Crippen molar-refractivity contribution in [1.29, 1.82) is 0 Å². The number of esters is 1. The third kappa shape index (κ3) is 3.62. The van der Waals surface area contributed by atoms with Gasteiger partial charge in [-0.1, -0.05) is 12.1 Å². The molecule has 1 aromatic rings. The van der Waals surface area contributed by atoms with Gasteiger partial charge in [0.05, 0.1) is 6.61 Å². The minimum atomic E-state index is -0.313. The second-order valence-electron chi connectivity index (χ2n) is 3.49. The summed E-state index contributed by atoms with van der Waals surface area (Å²) in [5, 5.41) is 3.09. The van der Waals surface area contributed by atoms with Gasteiger partial charge in [-0.05, 0) is 38.5 Å². The number of ether oxygens (including phenoxy) is 1. The van der Waals surface area contributed by atoms with Gasteiger partial charge in [0.15, 0.2) is 0 Å². The van der Waals surface area contributed by atoms with Crippen molar-refractivity contribution < 1.29 is 9.53 Å². The molecule has 0 bridgehead atoms. The minimum Gasteiger partial charge on any atom is -0.464 e. The van der Waals surface area contributed by atoms with Crippen LogP contribution in [0.1, 0.15) is 19.4 Å². The largest absolute Gasteiger partial charge is 0.464 e. The van der Waals surface area contributed by atoms with Gasteiger partial charge in [-0.3, -0.25) is 0 Å². The van der Waals surface area contributed by atoms with Crippen molar-refractivity contribution in [3.05, 3.63) is 29.8 Å². The van der Waals surface area contributed by atoms with Gasteiger partial charge in [-0.25, -0.2) is 4.79 Å². The quantitative estimate of drug-likeness (QED) is 0.770. The highest BCUT2D eigenvalue weighted by atomic mass is 16.5. The fourth-order valence-electron chi connectivity index (χ4n) is 1.31. The van der Waals surface area contributed by atoms with E-state index >= 15 is 0 Å². The molecule has 0 aromatic heterocycles. The first kappa shape index (κ1) is 11.6. The van der Waals surface area contributed by atoms with Crippen molar-refractivity contribution in [2.45, 2.75) is 26.8 Å². The molecule has 0 heterocycles. The monoisotopic (exact) mass is 207 g/mol. The number of anilines is 1. The summed E-state index contributed by atoms with van der Waals surface area (Å²) in [4.78, 5) is 11.3. The lowest BCUT2D eigenvalue weighted by Crippen LogP contribution is -2.28. The molecule has 1 atom stereocenters. The molecule has 15 heavy (non-hydrogen) atoms. The van der Waals surface area contributed by atoms with E-state index in [0.29, 0.717) is 6.61 Å². The molecule has 0 fully saturated rings.